The van der Waals surface area contributed by atoms with Gasteiger partial charge in [-0.15, -0.1) is 0 Å². The molecule has 0 spiro atoms. The van der Waals surface area contributed by atoms with Crippen molar-refractivity contribution in [2.45, 2.75) is 6.42 Å². The molecule has 0 aromatic heterocycles. The van der Waals surface area contributed by atoms with Gasteiger partial charge in [-0.2, -0.15) is 0 Å². The summed E-state index contributed by atoms with van der Waals surface area (Å²) in [6, 6.07) is 17.5. The Hall–Kier alpha value is -2.29. The van der Waals surface area contributed by atoms with Crippen molar-refractivity contribution in [3.63, 3.8) is 0 Å². The highest BCUT2D eigenvalue weighted by Gasteiger charge is 2.03. The molecular formula is C15H15NO2. The number of hydrogen-bond donors (Lipinski definition) is 1. The van der Waals surface area contributed by atoms with Crippen molar-refractivity contribution >= 4 is 6.41 Å². The molecule has 2 rings (SSSR count). The summed E-state index contributed by atoms with van der Waals surface area (Å²) in [5.74, 6) is 1.64. The first-order valence-corrected chi connectivity index (χ1v) is 5.88. The number of para-hydroxylation sites is 2. The number of hydrogen-bond acceptors (Lipinski definition) is 2. The summed E-state index contributed by atoms with van der Waals surface area (Å²) < 4.78 is 5.82. The molecule has 0 aliphatic rings. The van der Waals surface area contributed by atoms with Gasteiger partial charge in [-0.25, -0.2) is 0 Å². The third-order valence-electron chi connectivity index (χ3n) is 2.57. The highest BCUT2D eigenvalue weighted by molar-refractivity contribution is 5.46. The SMILES string of the molecule is O=CNCCc1ccccc1Oc1ccccc1. The molecule has 2 aromatic carbocycles. The van der Waals surface area contributed by atoms with E-state index in [9.17, 15) is 4.79 Å². The van der Waals surface area contributed by atoms with Crippen LogP contribution >= 0.6 is 0 Å². The Kier molecular flexibility index (Phi) is 4.36. The number of ether oxygens (including phenoxy) is 1. The molecule has 2 aromatic rings. The molecule has 0 bridgehead atoms. The summed E-state index contributed by atoms with van der Waals surface area (Å²) in [6.07, 6.45) is 1.46. The number of carbonyl (C=O) groups is 1. The Labute approximate surface area is 106 Å². The highest BCUT2D eigenvalue weighted by atomic mass is 16.5. The zero-order valence-electron chi connectivity index (χ0n) is 10.0. The van der Waals surface area contributed by atoms with E-state index in [-0.39, 0.29) is 0 Å². The van der Waals surface area contributed by atoms with Crippen LogP contribution in [0.2, 0.25) is 0 Å². The molecule has 18 heavy (non-hydrogen) atoms. The summed E-state index contributed by atoms with van der Waals surface area (Å²) >= 11 is 0. The molecule has 0 unspecified atom stereocenters. The molecule has 0 aliphatic carbocycles. The maximum absolute atomic E-state index is 10.2. The van der Waals surface area contributed by atoms with E-state index in [1.54, 1.807) is 0 Å². The topological polar surface area (TPSA) is 38.3 Å². The van der Waals surface area contributed by atoms with Gasteiger partial charge in [-0.05, 0) is 30.2 Å². The van der Waals surface area contributed by atoms with Crippen LogP contribution in [0.25, 0.3) is 0 Å². The zero-order chi connectivity index (χ0) is 12.6. The highest BCUT2D eigenvalue weighted by Crippen LogP contribution is 2.25. The second-order valence-electron chi connectivity index (χ2n) is 3.84. The van der Waals surface area contributed by atoms with Crippen molar-refractivity contribution in [2.75, 3.05) is 6.54 Å². The fourth-order valence-corrected chi connectivity index (χ4v) is 1.69. The van der Waals surface area contributed by atoms with Gasteiger partial charge >= 0.3 is 0 Å². The van der Waals surface area contributed by atoms with Crippen molar-refractivity contribution in [1.29, 1.82) is 0 Å². The molecule has 0 atom stereocenters. The van der Waals surface area contributed by atoms with E-state index in [1.165, 1.54) is 0 Å². The molecule has 0 heterocycles. The second kappa shape index (κ2) is 6.45. The van der Waals surface area contributed by atoms with Crippen LogP contribution < -0.4 is 10.1 Å². The number of benzene rings is 2. The van der Waals surface area contributed by atoms with E-state index < -0.39 is 0 Å². The molecule has 0 saturated heterocycles. The van der Waals surface area contributed by atoms with E-state index in [2.05, 4.69) is 5.32 Å². The largest absolute Gasteiger partial charge is 0.457 e. The normalized spacial score (nSPS) is 9.78. The molecule has 0 fully saturated rings. The number of carbonyl (C=O) groups excluding carboxylic acids is 1. The van der Waals surface area contributed by atoms with E-state index in [0.717, 1.165) is 23.5 Å². The molecular weight excluding hydrogens is 226 g/mol. The summed E-state index contributed by atoms with van der Waals surface area (Å²) in [6.45, 7) is 0.610. The van der Waals surface area contributed by atoms with Crippen LogP contribution in [0.5, 0.6) is 11.5 Å². The van der Waals surface area contributed by atoms with Crippen LogP contribution in [0.3, 0.4) is 0 Å². The summed E-state index contributed by atoms with van der Waals surface area (Å²) in [5, 5.41) is 2.65. The van der Waals surface area contributed by atoms with Crippen LogP contribution in [-0.4, -0.2) is 13.0 Å². The second-order valence-corrected chi connectivity index (χ2v) is 3.84. The summed E-state index contributed by atoms with van der Waals surface area (Å²) in [4.78, 5) is 10.2. The smallest absolute Gasteiger partial charge is 0.207 e. The quantitative estimate of drug-likeness (QED) is 0.624. The summed E-state index contributed by atoms with van der Waals surface area (Å²) in [7, 11) is 0. The van der Waals surface area contributed by atoms with Crippen LogP contribution in [0.15, 0.2) is 54.6 Å². The van der Waals surface area contributed by atoms with Crippen LogP contribution in [-0.2, 0) is 11.2 Å². The Morgan fingerprint density at radius 3 is 2.50 bits per heavy atom. The Morgan fingerprint density at radius 2 is 1.72 bits per heavy atom. The van der Waals surface area contributed by atoms with Gasteiger partial charge in [-0.1, -0.05) is 36.4 Å². The zero-order valence-corrected chi connectivity index (χ0v) is 10.0. The van der Waals surface area contributed by atoms with Crippen molar-refractivity contribution in [3.05, 3.63) is 60.2 Å². The fourth-order valence-electron chi connectivity index (χ4n) is 1.69. The third-order valence-corrected chi connectivity index (χ3v) is 2.57. The van der Waals surface area contributed by atoms with E-state index in [0.29, 0.717) is 13.0 Å². The van der Waals surface area contributed by atoms with Crippen molar-refractivity contribution in [1.82, 2.24) is 5.32 Å². The molecule has 0 radical (unpaired) electrons. The van der Waals surface area contributed by atoms with Gasteiger partial charge in [0.1, 0.15) is 11.5 Å². The molecule has 0 saturated carbocycles. The first-order valence-electron chi connectivity index (χ1n) is 5.88. The van der Waals surface area contributed by atoms with Gasteiger partial charge in [0.05, 0.1) is 0 Å². The lowest BCUT2D eigenvalue weighted by Crippen LogP contribution is -2.14. The minimum absolute atomic E-state index is 0.610. The third kappa shape index (κ3) is 3.35. The monoisotopic (exact) mass is 241 g/mol. The van der Waals surface area contributed by atoms with Gasteiger partial charge < -0.3 is 10.1 Å². The van der Waals surface area contributed by atoms with E-state index in [4.69, 9.17) is 4.74 Å². The molecule has 3 nitrogen and oxygen atoms in total. The van der Waals surface area contributed by atoms with Gasteiger partial charge in [0.15, 0.2) is 0 Å². The maximum Gasteiger partial charge on any atom is 0.207 e. The fraction of sp³-hybridized carbons (Fsp3) is 0.133. The van der Waals surface area contributed by atoms with Gasteiger partial charge in [0.2, 0.25) is 6.41 Å². The van der Waals surface area contributed by atoms with Gasteiger partial charge in [-0.3, -0.25) is 4.79 Å². The average molecular weight is 241 g/mol. The molecule has 1 N–H and O–H groups in total. The minimum atomic E-state index is 0.610. The predicted molar refractivity (Wildman–Crippen MR) is 70.7 cm³/mol. The molecule has 0 aliphatic heterocycles. The predicted octanol–water partition coefficient (Wildman–Crippen LogP) is 2.77. The van der Waals surface area contributed by atoms with E-state index in [1.807, 2.05) is 54.6 Å². The lowest BCUT2D eigenvalue weighted by atomic mass is 10.1. The Bertz CT molecular complexity index is 497. The Balaban J connectivity index is 2.09. The Morgan fingerprint density at radius 1 is 1.00 bits per heavy atom. The maximum atomic E-state index is 10.2. The number of rotatable bonds is 6. The standard InChI is InChI=1S/C15H15NO2/c17-12-16-11-10-13-6-4-5-9-15(13)18-14-7-2-1-3-8-14/h1-9,12H,10-11H2,(H,16,17). The van der Waals surface area contributed by atoms with Crippen molar-refractivity contribution < 1.29 is 9.53 Å². The summed E-state index contributed by atoms with van der Waals surface area (Å²) in [5.41, 5.74) is 1.08. The number of nitrogens with one attached hydrogen (secondary N) is 1. The first-order chi connectivity index (χ1) is 8.90. The number of amides is 1. The molecule has 3 heteroatoms. The van der Waals surface area contributed by atoms with Crippen molar-refractivity contribution in [3.8, 4) is 11.5 Å². The lowest BCUT2D eigenvalue weighted by Gasteiger charge is -2.10. The lowest BCUT2D eigenvalue weighted by molar-refractivity contribution is -0.109. The van der Waals surface area contributed by atoms with Crippen LogP contribution in [0.4, 0.5) is 0 Å². The first kappa shape index (κ1) is 12.2. The van der Waals surface area contributed by atoms with E-state index >= 15 is 0 Å². The van der Waals surface area contributed by atoms with Gasteiger partial charge in [0, 0.05) is 6.54 Å². The minimum Gasteiger partial charge on any atom is -0.457 e. The van der Waals surface area contributed by atoms with Gasteiger partial charge in [0.25, 0.3) is 0 Å². The average Bonchev–Trinajstić information content (AvgIpc) is 2.42. The van der Waals surface area contributed by atoms with Crippen molar-refractivity contribution in [2.24, 2.45) is 0 Å². The molecule has 1 amide bonds. The molecule has 92 valence electrons. The van der Waals surface area contributed by atoms with Crippen LogP contribution in [0.1, 0.15) is 5.56 Å². The van der Waals surface area contributed by atoms with Crippen LogP contribution in [0, 0.1) is 0 Å².